The van der Waals surface area contributed by atoms with E-state index in [0.717, 1.165) is 25.8 Å². The van der Waals surface area contributed by atoms with Crippen molar-refractivity contribution in [1.82, 2.24) is 5.32 Å². The Labute approximate surface area is 97.3 Å². The molecule has 2 atom stereocenters. The average Bonchev–Trinajstić information content (AvgIpc) is 2.30. The molecular weight excluding hydrogens is 204 g/mol. The number of nitrogens with one attached hydrogen (secondary N) is 1. The van der Waals surface area contributed by atoms with Gasteiger partial charge in [-0.1, -0.05) is 18.0 Å². The van der Waals surface area contributed by atoms with Gasteiger partial charge in [-0.25, -0.2) is 0 Å². The predicted molar refractivity (Wildman–Crippen MR) is 65.5 cm³/mol. The van der Waals surface area contributed by atoms with Crippen LogP contribution < -0.4 is 16.8 Å². The standard InChI is InChI=1S/C11H24N4O/c12-9-5-1-2-6-10(9)14-8-4-3-7-11(13)15-16/h9-10,14,16H,1-8,12H2,(H2,13,15). The van der Waals surface area contributed by atoms with Gasteiger partial charge in [-0.3, -0.25) is 0 Å². The number of hydrogen-bond acceptors (Lipinski definition) is 4. The van der Waals surface area contributed by atoms with E-state index in [2.05, 4.69) is 10.5 Å². The molecule has 6 N–H and O–H groups in total. The van der Waals surface area contributed by atoms with Gasteiger partial charge in [-0.15, -0.1) is 0 Å². The maximum Gasteiger partial charge on any atom is 0.139 e. The summed E-state index contributed by atoms with van der Waals surface area (Å²) in [5.74, 6) is 0.314. The van der Waals surface area contributed by atoms with Crippen LogP contribution in [0.2, 0.25) is 0 Å². The molecule has 0 amide bonds. The zero-order valence-corrected chi connectivity index (χ0v) is 9.86. The fourth-order valence-electron chi connectivity index (χ4n) is 2.18. The van der Waals surface area contributed by atoms with E-state index in [4.69, 9.17) is 16.7 Å². The Balaban J connectivity index is 2.02. The summed E-state index contributed by atoms with van der Waals surface area (Å²) in [7, 11) is 0. The second-order valence-corrected chi connectivity index (χ2v) is 4.56. The van der Waals surface area contributed by atoms with Gasteiger partial charge < -0.3 is 22.0 Å². The SMILES string of the molecule is N/C(CCCCNC1CCCCC1N)=N\O. The van der Waals surface area contributed by atoms with Crippen LogP contribution >= 0.6 is 0 Å². The first-order valence-corrected chi connectivity index (χ1v) is 6.19. The van der Waals surface area contributed by atoms with Gasteiger partial charge in [0.25, 0.3) is 0 Å². The van der Waals surface area contributed by atoms with E-state index < -0.39 is 0 Å². The van der Waals surface area contributed by atoms with Crippen LogP contribution in [0.1, 0.15) is 44.9 Å². The molecule has 0 heterocycles. The quantitative estimate of drug-likeness (QED) is 0.177. The number of hydrogen-bond donors (Lipinski definition) is 4. The molecule has 5 nitrogen and oxygen atoms in total. The van der Waals surface area contributed by atoms with Gasteiger partial charge >= 0.3 is 0 Å². The van der Waals surface area contributed by atoms with E-state index >= 15 is 0 Å². The topological polar surface area (TPSA) is 96.7 Å². The van der Waals surface area contributed by atoms with Crippen LogP contribution in [0.3, 0.4) is 0 Å². The molecule has 1 fully saturated rings. The third-order valence-electron chi connectivity index (χ3n) is 3.21. The Kier molecular flexibility index (Phi) is 6.18. The maximum absolute atomic E-state index is 8.36. The first-order valence-electron chi connectivity index (χ1n) is 6.19. The highest BCUT2D eigenvalue weighted by Gasteiger charge is 2.20. The van der Waals surface area contributed by atoms with Crippen molar-refractivity contribution in [2.24, 2.45) is 16.6 Å². The molecule has 94 valence electrons. The monoisotopic (exact) mass is 228 g/mol. The van der Waals surface area contributed by atoms with Gasteiger partial charge in [0, 0.05) is 18.5 Å². The van der Waals surface area contributed by atoms with E-state index in [1.165, 1.54) is 19.3 Å². The molecule has 0 aromatic heterocycles. The number of rotatable bonds is 6. The molecule has 5 heteroatoms. The molecule has 2 unspecified atom stereocenters. The lowest BCUT2D eigenvalue weighted by atomic mass is 9.91. The van der Waals surface area contributed by atoms with Crippen LogP contribution in [0.4, 0.5) is 0 Å². The van der Waals surface area contributed by atoms with Crippen molar-refractivity contribution in [1.29, 1.82) is 0 Å². The Morgan fingerprint density at radius 1 is 1.31 bits per heavy atom. The van der Waals surface area contributed by atoms with Crippen LogP contribution in [0, 0.1) is 0 Å². The molecule has 0 aliphatic heterocycles. The highest BCUT2D eigenvalue weighted by molar-refractivity contribution is 5.79. The van der Waals surface area contributed by atoms with Crippen molar-refractivity contribution in [2.75, 3.05) is 6.54 Å². The lowest BCUT2D eigenvalue weighted by Crippen LogP contribution is -2.47. The third kappa shape index (κ3) is 4.81. The number of oxime groups is 1. The number of nitrogens with zero attached hydrogens (tertiary/aromatic N) is 1. The van der Waals surface area contributed by atoms with Crippen molar-refractivity contribution in [2.45, 2.75) is 57.0 Å². The molecule has 1 aliphatic rings. The minimum atomic E-state index is 0.314. The van der Waals surface area contributed by atoms with Crippen molar-refractivity contribution in [3.63, 3.8) is 0 Å². The lowest BCUT2D eigenvalue weighted by molar-refractivity contribution is 0.316. The fourth-order valence-corrected chi connectivity index (χ4v) is 2.18. The number of unbranched alkanes of at least 4 members (excludes halogenated alkanes) is 1. The number of nitrogens with two attached hydrogens (primary N) is 2. The van der Waals surface area contributed by atoms with E-state index in [0.29, 0.717) is 24.3 Å². The first-order chi connectivity index (χ1) is 7.74. The molecule has 0 aromatic carbocycles. The summed E-state index contributed by atoms with van der Waals surface area (Å²) in [6.45, 7) is 0.969. The van der Waals surface area contributed by atoms with Gasteiger partial charge in [0.2, 0.25) is 0 Å². The molecular formula is C11H24N4O. The van der Waals surface area contributed by atoms with Crippen molar-refractivity contribution in [3.05, 3.63) is 0 Å². The van der Waals surface area contributed by atoms with Crippen molar-refractivity contribution in [3.8, 4) is 0 Å². The van der Waals surface area contributed by atoms with Gasteiger partial charge in [0.15, 0.2) is 0 Å². The molecule has 1 saturated carbocycles. The summed E-state index contributed by atoms with van der Waals surface area (Å²) in [6.07, 6.45) is 7.54. The van der Waals surface area contributed by atoms with Gasteiger partial charge in [-0.2, -0.15) is 0 Å². The maximum atomic E-state index is 8.36. The van der Waals surface area contributed by atoms with Crippen LogP contribution in [0.5, 0.6) is 0 Å². The predicted octanol–water partition coefficient (Wildman–Crippen LogP) is 0.763. The van der Waals surface area contributed by atoms with Gasteiger partial charge in [0.1, 0.15) is 5.84 Å². The van der Waals surface area contributed by atoms with Gasteiger partial charge in [0.05, 0.1) is 0 Å². The Morgan fingerprint density at radius 3 is 2.75 bits per heavy atom. The zero-order chi connectivity index (χ0) is 11.8. The second-order valence-electron chi connectivity index (χ2n) is 4.56. The summed E-state index contributed by atoms with van der Waals surface area (Å²) >= 11 is 0. The minimum absolute atomic E-state index is 0.314. The molecule has 0 radical (unpaired) electrons. The largest absolute Gasteiger partial charge is 0.409 e. The molecule has 0 bridgehead atoms. The van der Waals surface area contributed by atoms with Crippen LogP contribution in [-0.2, 0) is 0 Å². The zero-order valence-electron chi connectivity index (χ0n) is 9.86. The Hall–Kier alpha value is -0.810. The molecule has 1 rings (SSSR count). The normalized spacial score (nSPS) is 26.9. The van der Waals surface area contributed by atoms with E-state index in [1.807, 2.05) is 0 Å². The Bertz CT molecular complexity index is 220. The second kappa shape index (κ2) is 7.46. The van der Waals surface area contributed by atoms with Gasteiger partial charge in [-0.05, 0) is 32.2 Å². The van der Waals surface area contributed by atoms with Crippen LogP contribution in [0.25, 0.3) is 0 Å². The summed E-state index contributed by atoms with van der Waals surface area (Å²) in [6, 6.07) is 0.801. The number of amidine groups is 1. The van der Waals surface area contributed by atoms with E-state index in [-0.39, 0.29) is 0 Å². The third-order valence-corrected chi connectivity index (χ3v) is 3.21. The molecule has 0 spiro atoms. The average molecular weight is 228 g/mol. The van der Waals surface area contributed by atoms with E-state index in [1.54, 1.807) is 0 Å². The summed E-state index contributed by atoms with van der Waals surface area (Å²) in [5, 5.41) is 14.8. The highest BCUT2D eigenvalue weighted by atomic mass is 16.4. The highest BCUT2D eigenvalue weighted by Crippen LogP contribution is 2.16. The van der Waals surface area contributed by atoms with Crippen molar-refractivity contribution >= 4 is 5.84 Å². The summed E-state index contributed by atoms with van der Waals surface area (Å²) in [5.41, 5.74) is 11.4. The van der Waals surface area contributed by atoms with Crippen LogP contribution in [0.15, 0.2) is 5.16 Å². The first kappa shape index (κ1) is 13.3. The fraction of sp³-hybridized carbons (Fsp3) is 0.909. The minimum Gasteiger partial charge on any atom is -0.409 e. The van der Waals surface area contributed by atoms with E-state index in [9.17, 15) is 0 Å². The molecule has 16 heavy (non-hydrogen) atoms. The Morgan fingerprint density at radius 2 is 2.06 bits per heavy atom. The summed E-state index contributed by atoms with van der Waals surface area (Å²) < 4.78 is 0. The van der Waals surface area contributed by atoms with Crippen molar-refractivity contribution < 1.29 is 5.21 Å². The lowest BCUT2D eigenvalue weighted by Gasteiger charge is -2.29. The summed E-state index contributed by atoms with van der Waals surface area (Å²) in [4.78, 5) is 0. The van der Waals surface area contributed by atoms with Crippen LogP contribution in [-0.4, -0.2) is 29.7 Å². The molecule has 0 saturated heterocycles. The smallest absolute Gasteiger partial charge is 0.139 e. The molecule has 1 aliphatic carbocycles. The molecule has 0 aromatic rings.